The molecule has 0 aliphatic heterocycles. The summed E-state index contributed by atoms with van der Waals surface area (Å²) in [7, 11) is -3.50. The van der Waals surface area contributed by atoms with E-state index in [1.165, 1.54) is 0 Å². The van der Waals surface area contributed by atoms with Crippen LogP contribution in [0.1, 0.15) is 16.7 Å². The summed E-state index contributed by atoms with van der Waals surface area (Å²) >= 11 is 3.30. The molecule has 20 heavy (non-hydrogen) atoms. The number of nitrogens with one attached hydrogen (secondary N) is 1. The summed E-state index contributed by atoms with van der Waals surface area (Å²) < 4.78 is 28.1. The van der Waals surface area contributed by atoms with Crippen LogP contribution < -0.4 is 4.72 Å². The van der Waals surface area contributed by atoms with Gasteiger partial charge in [-0.05, 0) is 37.1 Å². The third kappa shape index (κ3) is 3.69. The topological polar surface area (TPSA) is 46.2 Å². The second-order valence-corrected chi connectivity index (χ2v) is 7.37. The number of sulfonamides is 1. The van der Waals surface area contributed by atoms with Crippen LogP contribution in [-0.2, 0) is 16.6 Å². The lowest BCUT2D eigenvalue weighted by Crippen LogP contribution is -2.24. The molecule has 0 heterocycles. The minimum Gasteiger partial charge on any atom is -0.207 e. The van der Waals surface area contributed by atoms with Crippen LogP contribution >= 0.6 is 15.9 Å². The Morgan fingerprint density at radius 1 is 1.10 bits per heavy atom. The second kappa shape index (κ2) is 6.08. The molecule has 2 aromatic carbocycles. The maximum Gasteiger partial charge on any atom is 0.241 e. The van der Waals surface area contributed by atoms with Crippen LogP contribution in [0.3, 0.4) is 0 Å². The molecule has 0 fully saturated rings. The largest absolute Gasteiger partial charge is 0.241 e. The molecular formula is C15H16BrNO2S. The van der Waals surface area contributed by atoms with Crippen LogP contribution in [0.25, 0.3) is 0 Å². The molecule has 0 unspecified atom stereocenters. The van der Waals surface area contributed by atoms with Gasteiger partial charge in [-0.15, -0.1) is 0 Å². The molecule has 0 atom stereocenters. The number of aryl methyl sites for hydroxylation is 2. The van der Waals surface area contributed by atoms with Gasteiger partial charge in [-0.3, -0.25) is 0 Å². The van der Waals surface area contributed by atoms with Crippen molar-refractivity contribution in [1.82, 2.24) is 4.72 Å². The molecule has 106 valence electrons. The lowest BCUT2D eigenvalue weighted by atomic mass is 10.1. The van der Waals surface area contributed by atoms with Crippen molar-refractivity contribution < 1.29 is 8.42 Å². The van der Waals surface area contributed by atoms with Gasteiger partial charge >= 0.3 is 0 Å². The summed E-state index contributed by atoms with van der Waals surface area (Å²) in [6, 6.07) is 13.0. The number of hydrogen-bond donors (Lipinski definition) is 1. The van der Waals surface area contributed by atoms with Gasteiger partial charge in [0.25, 0.3) is 0 Å². The minimum atomic E-state index is -3.50. The van der Waals surface area contributed by atoms with E-state index in [0.29, 0.717) is 4.90 Å². The van der Waals surface area contributed by atoms with E-state index in [1.807, 2.05) is 37.3 Å². The zero-order chi connectivity index (χ0) is 14.8. The van der Waals surface area contributed by atoms with Crippen molar-refractivity contribution in [2.45, 2.75) is 25.3 Å². The minimum absolute atomic E-state index is 0.288. The predicted molar refractivity (Wildman–Crippen MR) is 84.1 cm³/mol. The van der Waals surface area contributed by atoms with Crippen molar-refractivity contribution in [1.29, 1.82) is 0 Å². The molecule has 0 aliphatic rings. The van der Waals surface area contributed by atoms with Crippen molar-refractivity contribution >= 4 is 26.0 Å². The average Bonchev–Trinajstić information content (AvgIpc) is 2.39. The highest BCUT2D eigenvalue weighted by molar-refractivity contribution is 9.10. The van der Waals surface area contributed by atoms with E-state index in [4.69, 9.17) is 0 Å². The molecule has 0 saturated heterocycles. The Hall–Kier alpha value is -1.17. The van der Waals surface area contributed by atoms with Gasteiger partial charge in [0.05, 0.1) is 4.90 Å². The normalized spacial score (nSPS) is 11.6. The van der Waals surface area contributed by atoms with Crippen LogP contribution in [0, 0.1) is 13.8 Å². The summed E-state index contributed by atoms with van der Waals surface area (Å²) in [5, 5.41) is 0. The molecule has 2 aromatic rings. The molecule has 5 heteroatoms. The second-order valence-electron chi connectivity index (χ2n) is 4.72. The molecule has 0 bridgehead atoms. The van der Waals surface area contributed by atoms with Gasteiger partial charge < -0.3 is 0 Å². The first-order valence-corrected chi connectivity index (χ1v) is 8.47. The summed E-state index contributed by atoms with van der Waals surface area (Å²) in [6.45, 7) is 4.06. The predicted octanol–water partition coefficient (Wildman–Crippen LogP) is 3.54. The summed E-state index contributed by atoms with van der Waals surface area (Å²) in [5.41, 5.74) is 2.78. The highest BCUT2D eigenvalue weighted by Gasteiger charge is 2.16. The van der Waals surface area contributed by atoms with Crippen molar-refractivity contribution in [3.8, 4) is 0 Å². The Kier molecular flexibility index (Phi) is 4.62. The van der Waals surface area contributed by atoms with Gasteiger partial charge in [0.15, 0.2) is 0 Å². The Labute approximate surface area is 128 Å². The van der Waals surface area contributed by atoms with Crippen LogP contribution in [-0.4, -0.2) is 8.42 Å². The summed E-state index contributed by atoms with van der Waals surface area (Å²) in [5.74, 6) is 0. The van der Waals surface area contributed by atoms with E-state index in [-0.39, 0.29) is 6.54 Å². The van der Waals surface area contributed by atoms with E-state index >= 15 is 0 Å². The van der Waals surface area contributed by atoms with Gasteiger partial charge in [-0.1, -0.05) is 51.8 Å². The van der Waals surface area contributed by atoms with E-state index in [0.717, 1.165) is 21.2 Å². The van der Waals surface area contributed by atoms with Gasteiger partial charge in [-0.25, -0.2) is 13.1 Å². The number of halogens is 1. The Morgan fingerprint density at radius 2 is 1.85 bits per heavy atom. The maximum atomic E-state index is 12.3. The van der Waals surface area contributed by atoms with Gasteiger partial charge in [-0.2, -0.15) is 0 Å². The van der Waals surface area contributed by atoms with Crippen LogP contribution in [0.15, 0.2) is 51.8 Å². The van der Waals surface area contributed by atoms with Gasteiger partial charge in [0.2, 0.25) is 10.0 Å². The third-order valence-electron chi connectivity index (χ3n) is 2.99. The molecular weight excluding hydrogens is 338 g/mol. The van der Waals surface area contributed by atoms with Crippen LogP contribution in [0.4, 0.5) is 0 Å². The Balaban J connectivity index is 2.21. The number of hydrogen-bond acceptors (Lipinski definition) is 2. The zero-order valence-electron chi connectivity index (χ0n) is 11.4. The fourth-order valence-electron chi connectivity index (χ4n) is 1.94. The summed E-state index contributed by atoms with van der Waals surface area (Å²) in [6.07, 6.45) is 0. The van der Waals surface area contributed by atoms with Crippen molar-refractivity contribution in [2.24, 2.45) is 0 Å². The molecule has 0 aromatic heterocycles. The Morgan fingerprint density at radius 3 is 2.55 bits per heavy atom. The monoisotopic (exact) mass is 353 g/mol. The SMILES string of the molecule is Cc1cccc(CNS(=O)(=O)c2cc(Br)ccc2C)c1. The highest BCUT2D eigenvalue weighted by atomic mass is 79.9. The molecule has 0 radical (unpaired) electrons. The first-order chi connectivity index (χ1) is 9.38. The van der Waals surface area contributed by atoms with Crippen molar-refractivity contribution in [3.05, 3.63) is 63.6 Å². The van der Waals surface area contributed by atoms with Crippen LogP contribution in [0.2, 0.25) is 0 Å². The highest BCUT2D eigenvalue weighted by Crippen LogP contribution is 2.20. The lowest BCUT2D eigenvalue weighted by Gasteiger charge is -2.10. The standard InChI is InChI=1S/C15H16BrNO2S/c1-11-4-3-5-13(8-11)10-17-20(18,19)15-9-14(16)7-6-12(15)2/h3-9,17H,10H2,1-2H3. The van der Waals surface area contributed by atoms with Gasteiger partial charge in [0.1, 0.15) is 0 Å². The maximum absolute atomic E-state index is 12.3. The molecule has 3 nitrogen and oxygen atoms in total. The van der Waals surface area contributed by atoms with Crippen LogP contribution in [0.5, 0.6) is 0 Å². The molecule has 0 saturated carbocycles. The van der Waals surface area contributed by atoms with E-state index < -0.39 is 10.0 Å². The fraction of sp³-hybridized carbons (Fsp3) is 0.200. The fourth-order valence-corrected chi connectivity index (χ4v) is 3.74. The quantitative estimate of drug-likeness (QED) is 0.913. The van der Waals surface area contributed by atoms with E-state index in [2.05, 4.69) is 20.7 Å². The number of benzene rings is 2. The zero-order valence-corrected chi connectivity index (χ0v) is 13.8. The smallest absolute Gasteiger partial charge is 0.207 e. The van der Waals surface area contributed by atoms with E-state index in [1.54, 1.807) is 19.1 Å². The first kappa shape index (κ1) is 15.2. The molecule has 1 N–H and O–H groups in total. The molecule has 2 rings (SSSR count). The third-order valence-corrected chi connectivity index (χ3v) is 5.02. The van der Waals surface area contributed by atoms with E-state index in [9.17, 15) is 8.42 Å². The summed E-state index contributed by atoms with van der Waals surface area (Å²) in [4.78, 5) is 0.305. The lowest BCUT2D eigenvalue weighted by molar-refractivity contribution is 0.580. The van der Waals surface area contributed by atoms with Crippen molar-refractivity contribution in [2.75, 3.05) is 0 Å². The first-order valence-electron chi connectivity index (χ1n) is 6.20. The van der Waals surface area contributed by atoms with Gasteiger partial charge in [0, 0.05) is 11.0 Å². The molecule has 0 amide bonds. The Bertz CT molecular complexity index is 726. The average molecular weight is 354 g/mol. The molecule has 0 aliphatic carbocycles. The van der Waals surface area contributed by atoms with Crippen molar-refractivity contribution in [3.63, 3.8) is 0 Å². The molecule has 0 spiro atoms. The number of rotatable bonds is 4.